The highest BCUT2D eigenvalue weighted by molar-refractivity contribution is 5.95. The van der Waals surface area contributed by atoms with Crippen LogP contribution in [-0.2, 0) is 12.4 Å². The van der Waals surface area contributed by atoms with Crippen LogP contribution < -0.4 is 5.32 Å². The second-order valence-corrected chi connectivity index (χ2v) is 8.45. The predicted molar refractivity (Wildman–Crippen MR) is 84.8 cm³/mol. The zero-order valence-corrected chi connectivity index (χ0v) is 14.4. The highest BCUT2D eigenvalue weighted by Crippen LogP contribution is 2.55. The summed E-state index contributed by atoms with van der Waals surface area (Å²) in [6.07, 6.45) is -4.32. The summed E-state index contributed by atoms with van der Waals surface area (Å²) in [4.78, 5) is 12.6. The van der Waals surface area contributed by atoms with Gasteiger partial charge in [0.1, 0.15) is 0 Å². The maximum Gasteiger partial charge on any atom is 0.416 e. The first-order chi connectivity index (χ1) is 12.4. The minimum atomic E-state index is -4.96. The molecular weight excluding hydrogens is 372 g/mol. The molecule has 4 fully saturated rings. The third kappa shape index (κ3) is 3.55. The molecule has 0 spiro atoms. The van der Waals surface area contributed by atoms with Crippen LogP contribution in [0.1, 0.15) is 60.0 Å². The van der Waals surface area contributed by atoms with Crippen LogP contribution in [-0.4, -0.2) is 11.4 Å². The fraction of sp³-hybridized carbons (Fsp3) is 0.632. The molecule has 1 aromatic rings. The molecule has 4 aliphatic carbocycles. The maximum absolute atomic E-state index is 13.0. The van der Waals surface area contributed by atoms with Crippen LogP contribution in [0.4, 0.5) is 26.3 Å². The van der Waals surface area contributed by atoms with Gasteiger partial charge in [-0.15, -0.1) is 0 Å². The number of halogens is 6. The average Bonchev–Trinajstić information content (AvgIpc) is 2.51. The Balaban J connectivity index is 1.64. The van der Waals surface area contributed by atoms with Gasteiger partial charge >= 0.3 is 12.4 Å². The van der Waals surface area contributed by atoms with Crippen LogP contribution in [0.3, 0.4) is 0 Å². The van der Waals surface area contributed by atoms with E-state index in [-0.39, 0.29) is 6.07 Å². The minimum Gasteiger partial charge on any atom is -0.347 e. The van der Waals surface area contributed by atoms with Crippen LogP contribution in [0.25, 0.3) is 0 Å². The van der Waals surface area contributed by atoms with Gasteiger partial charge in [0.15, 0.2) is 0 Å². The van der Waals surface area contributed by atoms with Gasteiger partial charge in [-0.05, 0) is 74.5 Å². The molecule has 0 heterocycles. The smallest absolute Gasteiger partial charge is 0.347 e. The standard InChI is InChI=1S/C19H19F6NO/c20-18(21,22)14-4-13(5-15(6-14)19(23,24)25)16(27)26-17-7-10-1-11(8-17)3-12(2-10)9-17/h4-6,10-12H,1-3,7-9H2,(H,26,27). The monoisotopic (exact) mass is 391 g/mol. The number of benzene rings is 1. The van der Waals surface area contributed by atoms with E-state index in [1.807, 2.05) is 0 Å². The van der Waals surface area contributed by atoms with Crippen molar-refractivity contribution < 1.29 is 31.1 Å². The van der Waals surface area contributed by atoms with Gasteiger partial charge in [-0.1, -0.05) is 0 Å². The van der Waals surface area contributed by atoms with Crippen molar-refractivity contribution in [2.24, 2.45) is 17.8 Å². The largest absolute Gasteiger partial charge is 0.416 e. The lowest BCUT2D eigenvalue weighted by Gasteiger charge is -2.56. The third-order valence-corrected chi connectivity index (χ3v) is 6.27. The van der Waals surface area contributed by atoms with Gasteiger partial charge in [0.25, 0.3) is 5.91 Å². The summed E-state index contributed by atoms with van der Waals surface area (Å²) in [5.74, 6) is 0.616. The first-order valence-electron chi connectivity index (χ1n) is 9.05. The average molecular weight is 391 g/mol. The van der Waals surface area contributed by atoms with E-state index >= 15 is 0 Å². The molecular formula is C19H19F6NO. The Bertz CT molecular complexity index is 699. The van der Waals surface area contributed by atoms with Gasteiger partial charge < -0.3 is 5.32 Å². The van der Waals surface area contributed by atoms with E-state index in [4.69, 9.17) is 0 Å². The van der Waals surface area contributed by atoms with Gasteiger partial charge in [0, 0.05) is 11.1 Å². The summed E-state index contributed by atoms with van der Waals surface area (Å²) in [6, 6.07) is 1.05. The van der Waals surface area contributed by atoms with Gasteiger partial charge in [-0.3, -0.25) is 4.79 Å². The van der Waals surface area contributed by atoms with Crippen molar-refractivity contribution in [3.05, 3.63) is 34.9 Å². The molecule has 0 atom stereocenters. The van der Waals surface area contributed by atoms with Crippen molar-refractivity contribution in [3.8, 4) is 0 Å². The SMILES string of the molecule is O=C(NC12CC3CC(CC(C3)C1)C2)c1cc(C(F)(F)F)cc(C(F)(F)F)c1. The molecule has 148 valence electrons. The van der Waals surface area contributed by atoms with E-state index in [1.165, 1.54) is 0 Å². The van der Waals surface area contributed by atoms with Crippen LogP contribution in [0.5, 0.6) is 0 Å². The summed E-state index contributed by atoms with van der Waals surface area (Å²) >= 11 is 0. The lowest BCUT2D eigenvalue weighted by Crippen LogP contribution is -2.59. The Morgan fingerprint density at radius 3 is 1.59 bits per heavy atom. The number of carbonyl (C=O) groups excluding carboxylic acids is 1. The molecule has 1 aromatic carbocycles. The topological polar surface area (TPSA) is 29.1 Å². The van der Waals surface area contributed by atoms with Crippen molar-refractivity contribution in [3.63, 3.8) is 0 Å². The van der Waals surface area contributed by atoms with Crippen LogP contribution in [0.2, 0.25) is 0 Å². The van der Waals surface area contributed by atoms with Crippen LogP contribution in [0, 0.1) is 17.8 Å². The molecule has 4 saturated carbocycles. The zero-order chi connectivity index (χ0) is 19.6. The molecule has 0 aromatic heterocycles. The Labute approximate surface area is 152 Å². The van der Waals surface area contributed by atoms with Crippen molar-refractivity contribution in [1.82, 2.24) is 5.32 Å². The molecule has 1 N–H and O–H groups in total. The molecule has 0 aliphatic heterocycles. The molecule has 27 heavy (non-hydrogen) atoms. The second-order valence-electron chi connectivity index (χ2n) is 8.45. The fourth-order valence-electron chi connectivity index (χ4n) is 5.66. The van der Waals surface area contributed by atoms with Crippen molar-refractivity contribution in [1.29, 1.82) is 0 Å². The summed E-state index contributed by atoms with van der Waals surface area (Å²) in [6.45, 7) is 0. The molecule has 4 bridgehead atoms. The summed E-state index contributed by atoms with van der Waals surface area (Å²) in [5.41, 5.74) is -4.01. The van der Waals surface area contributed by atoms with Crippen molar-refractivity contribution in [2.75, 3.05) is 0 Å². The Morgan fingerprint density at radius 1 is 0.815 bits per heavy atom. The van der Waals surface area contributed by atoms with Crippen molar-refractivity contribution in [2.45, 2.75) is 56.4 Å². The number of hydrogen-bond acceptors (Lipinski definition) is 1. The van der Waals surface area contributed by atoms with Crippen LogP contribution in [0.15, 0.2) is 18.2 Å². The summed E-state index contributed by atoms with van der Waals surface area (Å²) in [7, 11) is 0. The van der Waals surface area contributed by atoms with Crippen molar-refractivity contribution >= 4 is 5.91 Å². The summed E-state index contributed by atoms with van der Waals surface area (Å²) in [5, 5.41) is 2.82. The molecule has 1 amide bonds. The third-order valence-electron chi connectivity index (χ3n) is 6.27. The second kappa shape index (κ2) is 5.88. The molecule has 4 aliphatic rings. The van der Waals surface area contributed by atoms with Crippen LogP contribution >= 0.6 is 0 Å². The molecule has 0 unspecified atom stereocenters. The Morgan fingerprint density at radius 2 is 1.22 bits per heavy atom. The number of hydrogen-bond donors (Lipinski definition) is 1. The number of rotatable bonds is 2. The minimum absolute atomic E-state index is 0.0432. The van der Waals surface area contributed by atoms with Gasteiger partial charge in [0.2, 0.25) is 0 Å². The summed E-state index contributed by atoms with van der Waals surface area (Å²) < 4.78 is 78.1. The van der Waals surface area contributed by atoms with Gasteiger partial charge in [0.05, 0.1) is 11.1 Å². The quantitative estimate of drug-likeness (QED) is 0.670. The molecule has 0 saturated heterocycles. The highest BCUT2D eigenvalue weighted by Gasteiger charge is 2.51. The van der Waals surface area contributed by atoms with E-state index in [0.717, 1.165) is 38.5 Å². The fourth-order valence-corrected chi connectivity index (χ4v) is 5.66. The number of carbonyl (C=O) groups is 1. The number of nitrogens with one attached hydrogen (secondary N) is 1. The highest BCUT2D eigenvalue weighted by atomic mass is 19.4. The molecule has 0 radical (unpaired) electrons. The molecule has 8 heteroatoms. The van der Waals surface area contributed by atoms with E-state index in [0.29, 0.717) is 29.9 Å². The van der Waals surface area contributed by atoms with E-state index < -0.39 is 40.5 Å². The van der Waals surface area contributed by atoms with E-state index in [2.05, 4.69) is 5.32 Å². The first kappa shape index (κ1) is 18.6. The Kier molecular flexibility index (Phi) is 4.06. The molecule has 5 rings (SSSR count). The number of alkyl halides is 6. The van der Waals surface area contributed by atoms with E-state index in [9.17, 15) is 31.1 Å². The first-order valence-corrected chi connectivity index (χ1v) is 9.05. The lowest BCUT2D eigenvalue weighted by molar-refractivity contribution is -0.143. The number of amides is 1. The zero-order valence-electron chi connectivity index (χ0n) is 14.4. The van der Waals surface area contributed by atoms with E-state index in [1.54, 1.807) is 0 Å². The lowest BCUT2D eigenvalue weighted by atomic mass is 9.53. The molecule has 2 nitrogen and oxygen atoms in total. The van der Waals surface area contributed by atoms with Gasteiger partial charge in [-0.25, -0.2) is 0 Å². The maximum atomic E-state index is 13.0. The predicted octanol–water partition coefficient (Wildman–Crippen LogP) is 5.42. The normalized spacial score (nSPS) is 32.6. The Hall–Kier alpha value is -1.73. The van der Waals surface area contributed by atoms with Gasteiger partial charge in [-0.2, -0.15) is 26.3 Å².